The number of halogens is 1. The fraction of sp³-hybridized carbons (Fsp3) is 0.200. The van der Waals surface area contributed by atoms with Gasteiger partial charge in [-0.2, -0.15) is 0 Å². The number of ether oxygens (including phenoxy) is 1. The number of carbonyl (C=O) groups excluding carboxylic acids is 2. The molecule has 1 aromatic rings. The Kier molecular flexibility index (Phi) is 4.12. The molecule has 4 nitrogen and oxygen atoms in total. The van der Waals surface area contributed by atoms with Crippen LogP contribution in [0.4, 0.5) is 0 Å². The molecule has 0 saturated carbocycles. The molecule has 1 aromatic carbocycles. The monoisotopic (exact) mass is 227 g/mol. The molecule has 80 valence electrons. The molecule has 0 fully saturated rings. The third kappa shape index (κ3) is 2.95. The molecule has 1 rings (SSSR count). The van der Waals surface area contributed by atoms with Gasteiger partial charge in [0.05, 0.1) is 10.6 Å². The first kappa shape index (κ1) is 11.5. The van der Waals surface area contributed by atoms with Crippen molar-refractivity contribution in [3.8, 4) is 5.75 Å². The molecular weight excluding hydrogens is 218 g/mol. The lowest BCUT2D eigenvalue weighted by Gasteiger charge is -2.08. The van der Waals surface area contributed by atoms with Gasteiger partial charge in [-0.25, -0.2) is 0 Å². The number of nitrogens with one attached hydrogen (secondary N) is 1. The molecule has 0 spiro atoms. The van der Waals surface area contributed by atoms with E-state index in [2.05, 4.69) is 5.32 Å². The smallest absolute Gasteiger partial charge is 0.257 e. The van der Waals surface area contributed by atoms with E-state index >= 15 is 0 Å². The van der Waals surface area contributed by atoms with Crippen LogP contribution >= 0.6 is 11.6 Å². The SMILES string of the molecule is CNC(=O)COc1c(Cl)cccc1C=O. The second-order valence-corrected chi connectivity index (χ2v) is 3.15. The Bertz CT molecular complexity index is 379. The molecule has 15 heavy (non-hydrogen) atoms. The fourth-order valence-electron chi connectivity index (χ4n) is 0.980. The average molecular weight is 228 g/mol. The van der Waals surface area contributed by atoms with Gasteiger partial charge in [0.15, 0.2) is 12.9 Å². The molecule has 0 aromatic heterocycles. The molecular formula is C10H10ClNO3. The van der Waals surface area contributed by atoms with Crippen molar-refractivity contribution in [2.75, 3.05) is 13.7 Å². The van der Waals surface area contributed by atoms with Crippen LogP contribution in [0.3, 0.4) is 0 Å². The Morgan fingerprint density at radius 2 is 2.33 bits per heavy atom. The highest BCUT2D eigenvalue weighted by Crippen LogP contribution is 2.27. The van der Waals surface area contributed by atoms with Crippen LogP contribution < -0.4 is 10.1 Å². The first-order valence-electron chi connectivity index (χ1n) is 4.26. The van der Waals surface area contributed by atoms with Gasteiger partial charge in [-0.05, 0) is 12.1 Å². The van der Waals surface area contributed by atoms with Gasteiger partial charge < -0.3 is 10.1 Å². The number of benzene rings is 1. The number of hydrogen-bond acceptors (Lipinski definition) is 3. The van der Waals surface area contributed by atoms with Crippen LogP contribution in [0.1, 0.15) is 10.4 Å². The molecule has 0 aliphatic carbocycles. The van der Waals surface area contributed by atoms with Crippen LogP contribution in [-0.4, -0.2) is 25.8 Å². The molecule has 0 saturated heterocycles. The standard InChI is InChI=1S/C10H10ClNO3/c1-12-9(14)6-15-10-7(5-13)3-2-4-8(10)11/h2-5H,6H2,1H3,(H,12,14). The van der Waals surface area contributed by atoms with E-state index in [1.165, 1.54) is 7.05 Å². The lowest BCUT2D eigenvalue weighted by molar-refractivity contribution is -0.122. The molecule has 0 bridgehead atoms. The summed E-state index contributed by atoms with van der Waals surface area (Å²) in [6.07, 6.45) is 0.630. The van der Waals surface area contributed by atoms with Crippen molar-refractivity contribution in [2.45, 2.75) is 0 Å². The first-order valence-corrected chi connectivity index (χ1v) is 4.64. The largest absolute Gasteiger partial charge is 0.481 e. The van der Waals surface area contributed by atoms with Crippen LogP contribution in [0.15, 0.2) is 18.2 Å². The number of hydrogen-bond donors (Lipinski definition) is 1. The predicted molar refractivity (Wildman–Crippen MR) is 56.4 cm³/mol. The van der Waals surface area contributed by atoms with Crippen molar-refractivity contribution in [1.29, 1.82) is 0 Å². The van der Waals surface area contributed by atoms with Gasteiger partial charge in [0, 0.05) is 7.05 Å². The molecule has 0 radical (unpaired) electrons. The minimum absolute atomic E-state index is 0.166. The Labute approximate surface area is 92.2 Å². The van der Waals surface area contributed by atoms with Gasteiger partial charge in [-0.1, -0.05) is 17.7 Å². The fourth-order valence-corrected chi connectivity index (χ4v) is 1.22. The summed E-state index contributed by atoms with van der Waals surface area (Å²) in [6.45, 7) is -0.166. The van der Waals surface area contributed by atoms with E-state index in [1.54, 1.807) is 18.2 Å². The van der Waals surface area contributed by atoms with E-state index in [0.717, 1.165) is 0 Å². The second kappa shape index (κ2) is 5.36. The van der Waals surface area contributed by atoms with Crippen LogP contribution in [0.25, 0.3) is 0 Å². The summed E-state index contributed by atoms with van der Waals surface area (Å²) in [5, 5.41) is 2.71. The maximum Gasteiger partial charge on any atom is 0.257 e. The highest BCUT2D eigenvalue weighted by molar-refractivity contribution is 6.32. The zero-order valence-electron chi connectivity index (χ0n) is 8.12. The number of para-hydroxylation sites is 1. The van der Waals surface area contributed by atoms with E-state index in [9.17, 15) is 9.59 Å². The third-order valence-electron chi connectivity index (χ3n) is 1.75. The normalized spacial score (nSPS) is 9.47. The lowest BCUT2D eigenvalue weighted by Crippen LogP contribution is -2.25. The minimum Gasteiger partial charge on any atom is -0.481 e. The van der Waals surface area contributed by atoms with E-state index in [0.29, 0.717) is 16.9 Å². The number of likely N-dealkylation sites (N-methyl/N-ethyl adjacent to an activating group) is 1. The number of aldehydes is 1. The van der Waals surface area contributed by atoms with E-state index in [1.807, 2.05) is 0 Å². The molecule has 0 atom stereocenters. The van der Waals surface area contributed by atoms with E-state index < -0.39 is 0 Å². The van der Waals surface area contributed by atoms with Crippen LogP contribution in [0.2, 0.25) is 5.02 Å². The van der Waals surface area contributed by atoms with Crippen molar-refractivity contribution >= 4 is 23.8 Å². The van der Waals surface area contributed by atoms with Crippen molar-refractivity contribution < 1.29 is 14.3 Å². The molecule has 0 aliphatic heterocycles. The van der Waals surface area contributed by atoms with Gasteiger partial charge in [0.2, 0.25) is 0 Å². The summed E-state index contributed by atoms with van der Waals surface area (Å²) >= 11 is 5.82. The average Bonchev–Trinajstić information content (AvgIpc) is 2.26. The summed E-state index contributed by atoms with van der Waals surface area (Å²) < 4.78 is 5.14. The molecule has 5 heteroatoms. The van der Waals surface area contributed by atoms with E-state index in [-0.39, 0.29) is 18.3 Å². The summed E-state index contributed by atoms with van der Waals surface area (Å²) in [5.41, 5.74) is 0.325. The van der Waals surface area contributed by atoms with Crippen molar-refractivity contribution in [2.24, 2.45) is 0 Å². The van der Waals surface area contributed by atoms with E-state index in [4.69, 9.17) is 16.3 Å². The van der Waals surface area contributed by atoms with Crippen LogP contribution in [-0.2, 0) is 4.79 Å². The van der Waals surface area contributed by atoms with Crippen LogP contribution in [0, 0.1) is 0 Å². The summed E-state index contributed by atoms with van der Waals surface area (Å²) in [4.78, 5) is 21.6. The highest BCUT2D eigenvalue weighted by atomic mass is 35.5. The molecule has 0 aliphatic rings. The maximum atomic E-state index is 10.9. The van der Waals surface area contributed by atoms with Gasteiger partial charge in [-0.3, -0.25) is 9.59 Å². The Morgan fingerprint density at radius 1 is 1.60 bits per heavy atom. The zero-order valence-corrected chi connectivity index (χ0v) is 8.88. The Hall–Kier alpha value is -1.55. The molecule has 0 unspecified atom stereocenters. The quantitative estimate of drug-likeness (QED) is 0.789. The lowest BCUT2D eigenvalue weighted by atomic mass is 10.2. The topological polar surface area (TPSA) is 55.4 Å². The summed E-state index contributed by atoms with van der Waals surface area (Å²) in [7, 11) is 1.50. The van der Waals surface area contributed by atoms with Crippen molar-refractivity contribution in [3.05, 3.63) is 28.8 Å². The van der Waals surface area contributed by atoms with Crippen molar-refractivity contribution in [1.82, 2.24) is 5.32 Å². The Balaban J connectivity index is 2.83. The van der Waals surface area contributed by atoms with Gasteiger partial charge in [0.25, 0.3) is 5.91 Å². The molecule has 0 heterocycles. The molecule has 1 N–H and O–H groups in total. The summed E-state index contributed by atoms with van der Waals surface area (Å²) in [5.74, 6) is -0.0514. The second-order valence-electron chi connectivity index (χ2n) is 2.74. The predicted octanol–water partition coefficient (Wildman–Crippen LogP) is 1.28. The van der Waals surface area contributed by atoms with Gasteiger partial charge >= 0.3 is 0 Å². The minimum atomic E-state index is -0.285. The number of carbonyl (C=O) groups is 2. The van der Waals surface area contributed by atoms with Gasteiger partial charge in [0.1, 0.15) is 5.75 Å². The third-order valence-corrected chi connectivity index (χ3v) is 2.05. The Morgan fingerprint density at radius 3 is 2.93 bits per heavy atom. The zero-order chi connectivity index (χ0) is 11.3. The van der Waals surface area contributed by atoms with Gasteiger partial charge in [-0.15, -0.1) is 0 Å². The number of amides is 1. The maximum absolute atomic E-state index is 10.9. The summed E-state index contributed by atoms with van der Waals surface area (Å²) in [6, 6.07) is 4.80. The van der Waals surface area contributed by atoms with Crippen molar-refractivity contribution in [3.63, 3.8) is 0 Å². The number of rotatable bonds is 4. The molecule has 1 amide bonds. The van der Waals surface area contributed by atoms with Crippen LogP contribution in [0.5, 0.6) is 5.75 Å². The highest BCUT2D eigenvalue weighted by Gasteiger charge is 2.09. The first-order chi connectivity index (χ1) is 7.19.